The molecule has 0 bridgehead atoms. The van der Waals surface area contributed by atoms with E-state index in [0.717, 1.165) is 24.2 Å². The summed E-state index contributed by atoms with van der Waals surface area (Å²) in [5, 5.41) is 28.7. The van der Waals surface area contributed by atoms with Crippen LogP contribution in [-0.2, 0) is 5.60 Å². The topological polar surface area (TPSA) is 71.0 Å². The Bertz CT molecular complexity index is 577. The molecule has 1 aliphatic heterocycles. The van der Waals surface area contributed by atoms with E-state index in [1.807, 2.05) is 31.2 Å². The van der Waals surface area contributed by atoms with E-state index in [-0.39, 0.29) is 5.92 Å². The van der Waals surface area contributed by atoms with Gasteiger partial charge in [-0.3, -0.25) is 0 Å². The van der Waals surface area contributed by atoms with Crippen LogP contribution in [0.3, 0.4) is 0 Å². The van der Waals surface area contributed by atoms with Crippen LogP contribution < -0.4 is 0 Å². The molecule has 0 amide bonds. The van der Waals surface area contributed by atoms with Crippen molar-refractivity contribution in [3.8, 4) is 12.1 Å². The molecule has 1 aliphatic rings. The average Bonchev–Trinajstić information content (AvgIpc) is 2.53. The van der Waals surface area contributed by atoms with Gasteiger partial charge in [-0.05, 0) is 37.3 Å². The van der Waals surface area contributed by atoms with E-state index >= 15 is 0 Å². The lowest BCUT2D eigenvalue weighted by atomic mass is 9.82. The number of piperidine rings is 1. The summed E-state index contributed by atoms with van der Waals surface area (Å²) in [5.74, 6) is -0.0932. The van der Waals surface area contributed by atoms with E-state index in [0.29, 0.717) is 32.2 Å². The van der Waals surface area contributed by atoms with Gasteiger partial charge in [0.25, 0.3) is 0 Å². The number of aryl methyl sites for hydroxylation is 1. The number of hydrogen-bond acceptors (Lipinski definition) is 4. The first kappa shape index (κ1) is 16.5. The minimum absolute atomic E-state index is 0.0932. The van der Waals surface area contributed by atoms with Crippen LogP contribution in [0.5, 0.6) is 0 Å². The van der Waals surface area contributed by atoms with Crippen LogP contribution in [0.15, 0.2) is 24.3 Å². The molecule has 0 radical (unpaired) electrons. The van der Waals surface area contributed by atoms with Gasteiger partial charge in [-0.15, -0.1) is 0 Å². The molecule has 0 aliphatic carbocycles. The summed E-state index contributed by atoms with van der Waals surface area (Å²) >= 11 is 0. The number of hydrogen-bond donors (Lipinski definition) is 1. The molecular weight excluding hydrogens is 274 g/mol. The third kappa shape index (κ3) is 3.85. The summed E-state index contributed by atoms with van der Waals surface area (Å²) in [6, 6.07) is 12.4. The quantitative estimate of drug-likeness (QED) is 0.907. The van der Waals surface area contributed by atoms with Crippen molar-refractivity contribution in [2.24, 2.45) is 5.92 Å². The molecule has 116 valence electrons. The molecule has 1 heterocycles. The van der Waals surface area contributed by atoms with Gasteiger partial charge in [0.05, 0.1) is 23.7 Å². The second-order valence-electron chi connectivity index (χ2n) is 6.17. The third-order valence-corrected chi connectivity index (χ3v) is 4.60. The SMILES string of the molecule is Cc1ccccc1C1(O)CCN(CC(C#N)CCC#N)CC1. The zero-order valence-corrected chi connectivity index (χ0v) is 13.1. The van der Waals surface area contributed by atoms with Crippen molar-refractivity contribution in [1.82, 2.24) is 4.90 Å². The Labute approximate surface area is 132 Å². The fourth-order valence-corrected chi connectivity index (χ4v) is 3.22. The molecule has 1 aromatic carbocycles. The van der Waals surface area contributed by atoms with Crippen LogP contribution >= 0.6 is 0 Å². The highest BCUT2D eigenvalue weighted by Crippen LogP contribution is 2.34. The van der Waals surface area contributed by atoms with Gasteiger partial charge in [0.1, 0.15) is 0 Å². The van der Waals surface area contributed by atoms with Gasteiger partial charge in [-0.1, -0.05) is 24.3 Å². The van der Waals surface area contributed by atoms with Crippen molar-refractivity contribution >= 4 is 0 Å². The highest BCUT2D eigenvalue weighted by atomic mass is 16.3. The van der Waals surface area contributed by atoms with Crippen molar-refractivity contribution in [3.05, 3.63) is 35.4 Å². The van der Waals surface area contributed by atoms with Crippen molar-refractivity contribution in [2.75, 3.05) is 19.6 Å². The molecule has 22 heavy (non-hydrogen) atoms. The van der Waals surface area contributed by atoms with Crippen LogP contribution in [0.2, 0.25) is 0 Å². The highest BCUT2D eigenvalue weighted by Gasteiger charge is 2.35. The highest BCUT2D eigenvalue weighted by molar-refractivity contribution is 5.31. The first-order chi connectivity index (χ1) is 10.6. The molecule has 1 saturated heterocycles. The molecule has 0 aromatic heterocycles. The standard InChI is InChI=1S/C18H23N3O/c1-15-5-2-3-7-17(15)18(22)8-11-21(12-9-18)14-16(13-20)6-4-10-19/h2-3,5,7,16,22H,4,6,8-9,11-12,14H2,1H3. The summed E-state index contributed by atoms with van der Waals surface area (Å²) in [6.07, 6.45) is 2.44. The van der Waals surface area contributed by atoms with Crippen molar-refractivity contribution in [1.29, 1.82) is 10.5 Å². The zero-order chi connectivity index (χ0) is 16.0. The van der Waals surface area contributed by atoms with Gasteiger partial charge in [-0.25, -0.2) is 0 Å². The molecule has 2 rings (SSSR count). The smallest absolute Gasteiger partial charge is 0.0923 e. The van der Waals surface area contributed by atoms with E-state index in [1.165, 1.54) is 0 Å². The van der Waals surface area contributed by atoms with Crippen LogP contribution in [0, 0.1) is 35.5 Å². The van der Waals surface area contributed by atoms with Gasteiger partial charge in [-0.2, -0.15) is 10.5 Å². The fourth-order valence-electron chi connectivity index (χ4n) is 3.22. The Morgan fingerprint density at radius 1 is 1.27 bits per heavy atom. The summed E-state index contributed by atoms with van der Waals surface area (Å²) in [6.45, 7) is 4.31. The lowest BCUT2D eigenvalue weighted by Crippen LogP contribution is -2.44. The molecule has 4 nitrogen and oxygen atoms in total. The summed E-state index contributed by atoms with van der Waals surface area (Å²) in [7, 11) is 0. The van der Waals surface area contributed by atoms with Gasteiger partial charge < -0.3 is 10.0 Å². The summed E-state index contributed by atoms with van der Waals surface area (Å²) in [4.78, 5) is 2.23. The number of aliphatic hydroxyl groups is 1. The largest absolute Gasteiger partial charge is 0.385 e. The lowest BCUT2D eigenvalue weighted by molar-refractivity contribution is -0.0281. The minimum atomic E-state index is -0.753. The molecular formula is C18H23N3O. The average molecular weight is 297 g/mol. The summed E-state index contributed by atoms with van der Waals surface area (Å²) < 4.78 is 0. The second kappa shape index (κ2) is 7.40. The third-order valence-electron chi connectivity index (χ3n) is 4.60. The molecule has 4 heteroatoms. The van der Waals surface area contributed by atoms with Gasteiger partial charge in [0.15, 0.2) is 0 Å². The Morgan fingerprint density at radius 2 is 1.95 bits per heavy atom. The minimum Gasteiger partial charge on any atom is -0.385 e. The Balaban J connectivity index is 1.94. The van der Waals surface area contributed by atoms with E-state index in [1.54, 1.807) is 0 Å². The maximum Gasteiger partial charge on any atom is 0.0923 e. The second-order valence-corrected chi connectivity index (χ2v) is 6.17. The summed E-state index contributed by atoms with van der Waals surface area (Å²) in [5.41, 5.74) is 1.40. The molecule has 1 unspecified atom stereocenters. The van der Waals surface area contributed by atoms with E-state index in [4.69, 9.17) is 10.5 Å². The van der Waals surface area contributed by atoms with Crippen molar-refractivity contribution in [3.63, 3.8) is 0 Å². The predicted molar refractivity (Wildman–Crippen MR) is 84.7 cm³/mol. The maximum atomic E-state index is 10.9. The number of nitriles is 2. The lowest BCUT2D eigenvalue weighted by Gasteiger charge is -2.39. The van der Waals surface area contributed by atoms with Crippen molar-refractivity contribution in [2.45, 2.75) is 38.2 Å². The zero-order valence-electron chi connectivity index (χ0n) is 13.1. The Morgan fingerprint density at radius 3 is 2.55 bits per heavy atom. The van der Waals surface area contributed by atoms with Crippen LogP contribution in [0.1, 0.15) is 36.8 Å². The first-order valence-corrected chi connectivity index (χ1v) is 7.86. The van der Waals surface area contributed by atoms with E-state index < -0.39 is 5.60 Å². The molecule has 1 atom stereocenters. The molecule has 0 saturated carbocycles. The molecule has 1 fully saturated rings. The van der Waals surface area contributed by atoms with Crippen LogP contribution in [-0.4, -0.2) is 29.6 Å². The van der Waals surface area contributed by atoms with Gasteiger partial charge in [0, 0.05) is 26.1 Å². The monoisotopic (exact) mass is 297 g/mol. The van der Waals surface area contributed by atoms with Crippen LogP contribution in [0.25, 0.3) is 0 Å². The molecule has 1 aromatic rings. The Kier molecular flexibility index (Phi) is 5.55. The van der Waals surface area contributed by atoms with E-state index in [2.05, 4.69) is 17.0 Å². The normalized spacial score (nSPS) is 19.1. The van der Waals surface area contributed by atoms with Gasteiger partial charge in [0.2, 0.25) is 0 Å². The van der Waals surface area contributed by atoms with Gasteiger partial charge >= 0.3 is 0 Å². The number of likely N-dealkylation sites (tertiary alicyclic amines) is 1. The van der Waals surface area contributed by atoms with Crippen molar-refractivity contribution < 1.29 is 5.11 Å². The number of rotatable bonds is 5. The maximum absolute atomic E-state index is 10.9. The molecule has 0 spiro atoms. The molecule has 1 N–H and O–H groups in total. The number of nitrogens with zero attached hydrogens (tertiary/aromatic N) is 3. The predicted octanol–water partition coefficient (Wildman–Crippen LogP) is 2.72. The first-order valence-electron chi connectivity index (χ1n) is 7.86. The van der Waals surface area contributed by atoms with E-state index in [9.17, 15) is 5.11 Å². The number of benzene rings is 1. The fraction of sp³-hybridized carbons (Fsp3) is 0.556. The Hall–Kier alpha value is -1.88. The van der Waals surface area contributed by atoms with Crippen LogP contribution in [0.4, 0.5) is 0 Å².